The van der Waals surface area contributed by atoms with E-state index in [2.05, 4.69) is 0 Å². The van der Waals surface area contributed by atoms with Crippen molar-refractivity contribution in [3.05, 3.63) is 64.0 Å². The highest BCUT2D eigenvalue weighted by Crippen LogP contribution is 2.28. The zero-order chi connectivity index (χ0) is 21.9. The summed E-state index contributed by atoms with van der Waals surface area (Å²) < 4.78 is 43.8. The summed E-state index contributed by atoms with van der Waals surface area (Å²) in [4.78, 5) is 24.7. The molecule has 0 aliphatic rings. The van der Waals surface area contributed by atoms with Gasteiger partial charge in [-0.2, -0.15) is 8.42 Å². The van der Waals surface area contributed by atoms with Crippen molar-refractivity contribution in [2.45, 2.75) is 20.3 Å². The van der Waals surface area contributed by atoms with E-state index in [-0.39, 0.29) is 28.2 Å². The molecular formula is C21H20O8S. The Labute approximate surface area is 173 Å². The van der Waals surface area contributed by atoms with Crippen LogP contribution < -0.4 is 14.3 Å². The molecule has 0 aliphatic heterocycles. The van der Waals surface area contributed by atoms with Gasteiger partial charge in [-0.05, 0) is 49.7 Å². The van der Waals surface area contributed by atoms with Gasteiger partial charge in [0.25, 0.3) is 0 Å². The van der Waals surface area contributed by atoms with Crippen LogP contribution in [0.2, 0.25) is 0 Å². The number of hydrogen-bond donors (Lipinski definition) is 0. The minimum absolute atomic E-state index is 0.0133. The van der Waals surface area contributed by atoms with Gasteiger partial charge in [0.1, 0.15) is 22.8 Å². The van der Waals surface area contributed by atoms with Gasteiger partial charge in [-0.1, -0.05) is 6.92 Å². The van der Waals surface area contributed by atoms with E-state index in [4.69, 9.17) is 18.1 Å². The lowest BCUT2D eigenvalue weighted by Crippen LogP contribution is -2.09. The number of aryl methyl sites for hydroxylation is 1. The van der Waals surface area contributed by atoms with Crippen LogP contribution in [0.1, 0.15) is 29.5 Å². The van der Waals surface area contributed by atoms with Crippen LogP contribution >= 0.6 is 0 Å². The third-order valence-electron chi connectivity index (χ3n) is 3.98. The summed E-state index contributed by atoms with van der Waals surface area (Å²) in [5.41, 5.74) is 0.113. The van der Waals surface area contributed by atoms with Gasteiger partial charge >= 0.3 is 16.1 Å². The number of rotatable bonds is 7. The predicted molar refractivity (Wildman–Crippen MR) is 110 cm³/mol. The first-order chi connectivity index (χ1) is 14.2. The van der Waals surface area contributed by atoms with Crippen LogP contribution in [0.15, 0.2) is 51.7 Å². The molecular weight excluding hydrogens is 412 g/mol. The summed E-state index contributed by atoms with van der Waals surface area (Å²) >= 11 is 0. The monoisotopic (exact) mass is 432 g/mol. The molecule has 1 aromatic heterocycles. The molecule has 30 heavy (non-hydrogen) atoms. The van der Waals surface area contributed by atoms with E-state index in [0.29, 0.717) is 17.9 Å². The molecule has 2 aromatic carbocycles. The van der Waals surface area contributed by atoms with Crippen LogP contribution in [-0.2, 0) is 14.9 Å². The second kappa shape index (κ2) is 8.58. The van der Waals surface area contributed by atoms with Crippen LogP contribution in [0.3, 0.4) is 0 Å². The molecule has 0 N–H and O–H groups in total. The summed E-state index contributed by atoms with van der Waals surface area (Å²) in [7, 11) is -3.71. The van der Waals surface area contributed by atoms with Gasteiger partial charge in [-0.25, -0.2) is 4.79 Å². The van der Waals surface area contributed by atoms with Crippen LogP contribution in [0.25, 0.3) is 11.0 Å². The molecule has 1 heterocycles. The lowest BCUT2D eigenvalue weighted by atomic mass is 10.2. The SMILES string of the molecule is CCCOC(=O)c1ccc(Oc2c(C)oc3cc(OS(C)(=O)=O)ccc3c2=O)cc1. The molecule has 3 rings (SSSR count). The number of carbonyl (C=O) groups excluding carboxylic acids is 1. The van der Waals surface area contributed by atoms with Crippen molar-refractivity contribution >= 4 is 27.1 Å². The summed E-state index contributed by atoms with van der Waals surface area (Å²) in [5.74, 6) is 0.133. The number of benzene rings is 2. The Bertz CT molecular complexity index is 1240. The summed E-state index contributed by atoms with van der Waals surface area (Å²) in [5, 5.41) is 0.205. The molecule has 0 bridgehead atoms. The van der Waals surface area contributed by atoms with Gasteiger partial charge in [-0.15, -0.1) is 0 Å². The highest BCUT2D eigenvalue weighted by molar-refractivity contribution is 7.86. The van der Waals surface area contributed by atoms with E-state index in [1.54, 1.807) is 31.2 Å². The molecule has 0 atom stereocenters. The third kappa shape index (κ3) is 4.98. The lowest BCUT2D eigenvalue weighted by molar-refractivity contribution is 0.0505. The molecule has 3 aromatic rings. The van der Waals surface area contributed by atoms with E-state index in [0.717, 1.165) is 12.7 Å². The molecule has 0 unspecified atom stereocenters. The van der Waals surface area contributed by atoms with Crippen molar-refractivity contribution < 1.29 is 31.3 Å². The molecule has 0 fully saturated rings. The maximum absolute atomic E-state index is 12.8. The summed E-state index contributed by atoms with van der Waals surface area (Å²) in [6, 6.07) is 10.3. The predicted octanol–water partition coefficient (Wildman–Crippen LogP) is 3.80. The van der Waals surface area contributed by atoms with Crippen LogP contribution in [-0.4, -0.2) is 27.2 Å². The molecule has 0 amide bonds. The van der Waals surface area contributed by atoms with Crippen molar-refractivity contribution in [2.75, 3.05) is 12.9 Å². The Hall–Kier alpha value is -3.33. The first-order valence-corrected chi connectivity index (χ1v) is 10.9. The number of ether oxygens (including phenoxy) is 2. The van der Waals surface area contributed by atoms with E-state index in [1.807, 2.05) is 6.92 Å². The Morgan fingerprint density at radius 1 is 1.07 bits per heavy atom. The Morgan fingerprint density at radius 2 is 1.73 bits per heavy atom. The van der Waals surface area contributed by atoms with Crippen molar-refractivity contribution in [1.82, 2.24) is 0 Å². The second-order valence-electron chi connectivity index (χ2n) is 6.52. The lowest BCUT2D eigenvalue weighted by Gasteiger charge is -2.10. The van der Waals surface area contributed by atoms with Crippen molar-refractivity contribution in [1.29, 1.82) is 0 Å². The molecule has 0 radical (unpaired) electrons. The second-order valence-corrected chi connectivity index (χ2v) is 8.10. The van der Waals surface area contributed by atoms with E-state index in [9.17, 15) is 18.0 Å². The molecule has 9 heteroatoms. The fourth-order valence-corrected chi connectivity index (χ4v) is 3.12. The first kappa shape index (κ1) is 21.4. The molecule has 8 nitrogen and oxygen atoms in total. The average Bonchev–Trinajstić information content (AvgIpc) is 2.68. The van der Waals surface area contributed by atoms with Crippen molar-refractivity contribution in [3.63, 3.8) is 0 Å². The fourth-order valence-electron chi connectivity index (χ4n) is 2.67. The molecule has 0 saturated heterocycles. The Balaban J connectivity index is 1.88. The minimum Gasteiger partial charge on any atom is -0.462 e. The average molecular weight is 432 g/mol. The van der Waals surface area contributed by atoms with E-state index >= 15 is 0 Å². The number of esters is 1. The largest absolute Gasteiger partial charge is 0.462 e. The first-order valence-electron chi connectivity index (χ1n) is 9.10. The van der Waals surface area contributed by atoms with Gasteiger partial charge < -0.3 is 18.1 Å². The number of hydrogen-bond acceptors (Lipinski definition) is 8. The van der Waals surface area contributed by atoms with Crippen molar-refractivity contribution in [3.8, 4) is 17.2 Å². The van der Waals surface area contributed by atoms with Gasteiger partial charge in [0.15, 0.2) is 0 Å². The number of carbonyl (C=O) groups is 1. The normalized spacial score (nSPS) is 11.3. The van der Waals surface area contributed by atoms with Gasteiger partial charge in [0.05, 0.1) is 23.8 Å². The fraction of sp³-hybridized carbons (Fsp3) is 0.238. The zero-order valence-corrected chi connectivity index (χ0v) is 17.4. The Kier molecular flexibility index (Phi) is 6.12. The third-order valence-corrected chi connectivity index (χ3v) is 4.48. The molecule has 0 saturated carbocycles. The van der Waals surface area contributed by atoms with Gasteiger partial charge in [-0.3, -0.25) is 4.79 Å². The maximum atomic E-state index is 12.8. The van der Waals surface area contributed by atoms with Gasteiger partial charge in [0.2, 0.25) is 11.2 Å². The summed E-state index contributed by atoms with van der Waals surface area (Å²) in [6.45, 7) is 3.79. The number of fused-ring (bicyclic) bond motifs is 1. The smallest absolute Gasteiger partial charge is 0.338 e. The van der Waals surface area contributed by atoms with Crippen LogP contribution in [0, 0.1) is 6.92 Å². The van der Waals surface area contributed by atoms with E-state index < -0.39 is 21.5 Å². The van der Waals surface area contributed by atoms with Gasteiger partial charge in [0, 0.05) is 6.07 Å². The van der Waals surface area contributed by atoms with E-state index in [1.165, 1.54) is 18.2 Å². The molecule has 158 valence electrons. The molecule has 0 aliphatic carbocycles. The maximum Gasteiger partial charge on any atom is 0.338 e. The minimum atomic E-state index is -3.71. The zero-order valence-electron chi connectivity index (χ0n) is 16.6. The highest BCUT2D eigenvalue weighted by Gasteiger charge is 2.16. The Morgan fingerprint density at radius 3 is 2.37 bits per heavy atom. The van der Waals surface area contributed by atoms with Crippen molar-refractivity contribution in [2.24, 2.45) is 0 Å². The topological polar surface area (TPSA) is 109 Å². The van der Waals surface area contributed by atoms with Crippen LogP contribution in [0.5, 0.6) is 17.2 Å². The quantitative estimate of drug-likeness (QED) is 0.410. The van der Waals surface area contributed by atoms with Crippen LogP contribution in [0.4, 0.5) is 0 Å². The standard InChI is InChI=1S/C21H20O8S/c1-4-11-26-21(23)14-5-7-15(8-6-14)28-20-13(2)27-18-12-16(29-30(3,24)25)9-10-17(18)19(20)22/h5-10,12H,4,11H2,1-3H3. The summed E-state index contributed by atoms with van der Waals surface area (Å²) in [6.07, 6.45) is 1.65. The molecule has 0 spiro atoms. The highest BCUT2D eigenvalue weighted by atomic mass is 32.2.